The van der Waals surface area contributed by atoms with Gasteiger partial charge in [-0.3, -0.25) is 4.79 Å². The fourth-order valence-corrected chi connectivity index (χ4v) is 0.336. The normalized spacial score (nSPS) is 19.7. The minimum atomic E-state index is -0.157. The summed E-state index contributed by atoms with van der Waals surface area (Å²) in [4.78, 5) is 14.2. The number of carbonyl (C=O) groups excluding carboxylic acids is 1. The number of rotatable bonds is 0. The Kier molecular flexibility index (Phi) is 0.798. The van der Waals surface area contributed by atoms with Crippen molar-refractivity contribution < 1.29 is 9.63 Å². The third kappa shape index (κ3) is 0.516. The Hall–Kier alpha value is -0.505. The van der Waals surface area contributed by atoms with E-state index in [1.165, 1.54) is 0 Å². The van der Waals surface area contributed by atoms with Crippen LogP contribution in [0.4, 0.5) is 0 Å². The Morgan fingerprint density at radius 3 is 3.00 bits per heavy atom. The van der Waals surface area contributed by atoms with Crippen LogP contribution in [0.2, 0.25) is 6.32 Å². The second-order valence-corrected chi connectivity index (χ2v) is 1.12. The average molecular weight is 84.9 g/mol. The lowest BCUT2D eigenvalue weighted by molar-refractivity contribution is -0.141. The largest absolute Gasteiger partial charge is 0.384 e. The van der Waals surface area contributed by atoms with Crippen LogP contribution < -0.4 is 5.39 Å². The summed E-state index contributed by atoms with van der Waals surface area (Å²) in [6, 6.07) is 0. The molecular weight excluding hydrogens is 80.8 g/mol. The van der Waals surface area contributed by atoms with Gasteiger partial charge < -0.3 is 4.84 Å². The third-order valence-corrected chi connectivity index (χ3v) is 0.617. The molecule has 0 aliphatic carbocycles. The number of nitrogens with one attached hydrogen (secondary N) is 1. The Morgan fingerprint density at radius 2 is 2.83 bits per heavy atom. The van der Waals surface area contributed by atoms with Crippen LogP contribution in [0, 0.1) is 0 Å². The molecule has 1 aliphatic heterocycles. The lowest BCUT2D eigenvalue weighted by Crippen LogP contribution is -2.06. The quantitative estimate of drug-likeness (QED) is 0.376. The summed E-state index contributed by atoms with van der Waals surface area (Å²) in [5.74, 6) is -0.157. The highest BCUT2D eigenvalue weighted by molar-refractivity contribution is 6.39. The molecule has 1 saturated heterocycles. The molecular formula is C2H4BNO2. The van der Waals surface area contributed by atoms with Crippen LogP contribution in [0.3, 0.4) is 0 Å². The molecule has 0 spiro atoms. The molecule has 1 fully saturated rings. The first kappa shape index (κ1) is 3.68. The van der Waals surface area contributed by atoms with Gasteiger partial charge in [-0.15, -0.1) is 0 Å². The molecule has 32 valence electrons. The molecule has 4 heteroatoms. The fraction of sp³-hybridized carbons (Fsp3) is 0.500. The van der Waals surface area contributed by atoms with Crippen molar-refractivity contribution in [3.05, 3.63) is 0 Å². The van der Waals surface area contributed by atoms with Gasteiger partial charge in [-0.1, -0.05) is 0 Å². The number of carbonyl (C=O) groups is 1. The molecule has 0 aromatic heterocycles. The minimum Gasteiger partial charge on any atom is -0.384 e. The molecule has 1 heterocycles. The predicted octanol–water partition coefficient (Wildman–Crippen LogP) is -1.18. The highest BCUT2D eigenvalue weighted by Crippen LogP contribution is 1.87. The summed E-state index contributed by atoms with van der Waals surface area (Å²) in [5.41, 5.74) is 0. The SMILES string of the molecule is O=C1CBNO1. The van der Waals surface area contributed by atoms with E-state index in [0.29, 0.717) is 13.7 Å². The van der Waals surface area contributed by atoms with Crippen LogP contribution >= 0.6 is 0 Å². The van der Waals surface area contributed by atoms with Crippen molar-refractivity contribution in [2.24, 2.45) is 0 Å². The van der Waals surface area contributed by atoms with Crippen molar-refractivity contribution in [3.8, 4) is 0 Å². The summed E-state index contributed by atoms with van der Waals surface area (Å²) in [6.07, 6.45) is 0.514. The van der Waals surface area contributed by atoms with Crippen molar-refractivity contribution >= 4 is 13.4 Å². The summed E-state index contributed by atoms with van der Waals surface area (Å²) in [5, 5.41) is 2.42. The van der Waals surface area contributed by atoms with E-state index in [-0.39, 0.29) is 5.97 Å². The second kappa shape index (κ2) is 1.30. The van der Waals surface area contributed by atoms with Gasteiger partial charge in [0.1, 0.15) is 0 Å². The average Bonchev–Trinajstić information content (AvgIpc) is 1.86. The Bertz CT molecular complexity index is 65.9. The number of hydrogen-bond donors (Lipinski definition) is 1. The van der Waals surface area contributed by atoms with Gasteiger partial charge in [0.05, 0.1) is 0 Å². The molecule has 0 radical (unpaired) electrons. The maximum absolute atomic E-state index is 9.96. The smallest absolute Gasteiger partial charge is 0.317 e. The minimum absolute atomic E-state index is 0.157. The topological polar surface area (TPSA) is 38.3 Å². The third-order valence-electron chi connectivity index (χ3n) is 0.617. The van der Waals surface area contributed by atoms with Crippen LogP contribution in [0.1, 0.15) is 0 Å². The van der Waals surface area contributed by atoms with Crippen LogP contribution in [-0.4, -0.2) is 13.4 Å². The van der Waals surface area contributed by atoms with Gasteiger partial charge >= 0.3 is 5.97 Å². The van der Waals surface area contributed by atoms with Crippen molar-refractivity contribution in [3.63, 3.8) is 0 Å². The summed E-state index contributed by atoms with van der Waals surface area (Å²) in [7, 11) is 0.666. The van der Waals surface area contributed by atoms with Crippen molar-refractivity contribution in [1.29, 1.82) is 0 Å². The van der Waals surface area contributed by atoms with E-state index in [1.807, 2.05) is 0 Å². The molecule has 1 rings (SSSR count). The van der Waals surface area contributed by atoms with Crippen LogP contribution in [-0.2, 0) is 9.63 Å². The molecule has 0 aromatic carbocycles. The zero-order valence-corrected chi connectivity index (χ0v) is 3.23. The molecule has 0 amide bonds. The molecule has 6 heavy (non-hydrogen) atoms. The van der Waals surface area contributed by atoms with Crippen LogP contribution in [0.15, 0.2) is 0 Å². The van der Waals surface area contributed by atoms with Gasteiger partial charge in [0.25, 0.3) is 7.41 Å². The molecule has 0 atom stereocenters. The molecule has 0 saturated carbocycles. The Labute approximate surface area is 35.9 Å². The lowest BCUT2D eigenvalue weighted by atomic mass is 9.93. The van der Waals surface area contributed by atoms with Gasteiger partial charge in [-0.2, -0.15) is 0 Å². The van der Waals surface area contributed by atoms with Gasteiger partial charge in [-0.25, -0.2) is 5.39 Å². The Balaban J connectivity index is 2.37. The maximum Gasteiger partial charge on any atom is 0.317 e. The van der Waals surface area contributed by atoms with Crippen molar-refractivity contribution in [2.45, 2.75) is 6.32 Å². The first-order chi connectivity index (χ1) is 2.89. The second-order valence-electron chi connectivity index (χ2n) is 1.12. The van der Waals surface area contributed by atoms with Crippen LogP contribution in [0.25, 0.3) is 0 Å². The fourth-order valence-electron chi connectivity index (χ4n) is 0.336. The summed E-state index contributed by atoms with van der Waals surface area (Å²) in [6.45, 7) is 0. The van der Waals surface area contributed by atoms with Gasteiger partial charge in [0.2, 0.25) is 0 Å². The first-order valence-electron chi connectivity index (χ1n) is 1.82. The van der Waals surface area contributed by atoms with Crippen molar-refractivity contribution in [1.82, 2.24) is 5.39 Å². The summed E-state index contributed by atoms with van der Waals surface area (Å²) < 4.78 is 0. The monoisotopic (exact) mass is 85.0 g/mol. The van der Waals surface area contributed by atoms with E-state index < -0.39 is 0 Å². The number of hydrogen-bond acceptors (Lipinski definition) is 3. The van der Waals surface area contributed by atoms with E-state index in [0.717, 1.165) is 0 Å². The Morgan fingerprint density at radius 1 is 2.00 bits per heavy atom. The van der Waals surface area contributed by atoms with Gasteiger partial charge in [0.15, 0.2) is 0 Å². The zero-order chi connectivity index (χ0) is 4.41. The molecule has 0 aromatic rings. The summed E-state index contributed by atoms with van der Waals surface area (Å²) >= 11 is 0. The molecule has 0 bridgehead atoms. The van der Waals surface area contributed by atoms with Crippen LogP contribution in [0.5, 0.6) is 0 Å². The van der Waals surface area contributed by atoms with E-state index in [1.54, 1.807) is 0 Å². The van der Waals surface area contributed by atoms with E-state index >= 15 is 0 Å². The van der Waals surface area contributed by atoms with E-state index in [2.05, 4.69) is 10.2 Å². The molecule has 0 unspecified atom stereocenters. The molecule has 3 nitrogen and oxygen atoms in total. The van der Waals surface area contributed by atoms with Gasteiger partial charge in [-0.05, 0) is 0 Å². The lowest BCUT2D eigenvalue weighted by Gasteiger charge is -1.83. The maximum atomic E-state index is 9.96. The van der Waals surface area contributed by atoms with Crippen molar-refractivity contribution in [2.75, 3.05) is 0 Å². The standard InChI is InChI=1S/C2H4BNO2/c5-2-1-3-4-6-2/h3-4H,1H2. The predicted molar refractivity (Wildman–Crippen MR) is 21.2 cm³/mol. The zero-order valence-electron chi connectivity index (χ0n) is 3.23. The van der Waals surface area contributed by atoms with Gasteiger partial charge in [0, 0.05) is 6.32 Å². The molecule has 1 aliphatic rings. The highest BCUT2D eigenvalue weighted by Gasteiger charge is 2.10. The first-order valence-corrected chi connectivity index (χ1v) is 1.82. The highest BCUT2D eigenvalue weighted by atomic mass is 16.7. The molecule has 1 N–H and O–H groups in total. The van der Waals surface area contributed by atoms with E-state index in [9.17, 15) is 4.79 Å². The van der Waals surface area contributed by atoms with E-state index in [4.69, 9.17) is 0 Å².